The van der Waals surface area contributed by atoms with Crippen molar-refractivity contribution >= 4 is 17.6 Å². The summed E-state index contributed by atoms with van der Waals surface area (Å²) >= 11 is 5.68. The van der Waals surface area contributed by atoms with E-state index in [-0.39, 0.29) is 23.4 Å². The first-order valence-electron chi connectivity index (χ1n) is 5.94. The number of amides is 2. The van der Waals surface area contributed by atoms with Gasteiger partial charge >= 0.3 is 6.03 Å². The number of carbonyl (C=O) groups excluding carboxylic acids is 1. The van der Waals surface area contributed by atoms with Crippen LogP contribution in [0.5, 0.6) is 0 Å². The molecule has 0 saturated carbocycles. The van der Waals surface area contributed by atoms with Crippen molar-refractivity contribution in [1.82, 2.24) is 10.2 Å². The summed E-state index contributed by atoms with van der Waals surface area (Å²) in [7, 11) is 0. The van der Waals surface area contributed by atoms with E-state index in [2.05, 4.69) is 25.2 Å². The molecule has 17 heavy (non-hydrogen) atoms. The number of alkyl halides is 1. The minimum Gasteiger partial charge on any atom is -0.380 e. The van der Waals surface area contributed by atoms with Crippen LogP contribution in [0.1, 0.15) is 13.8 Å². The maximum absolute atomic E-state index is 12.0. The number of ether oxygens (including phenoxy) is 1. The van der Waals surface area contributed by atoms with Gasteiger partial charge in [-0.05, 0) is 0 Å². The first kappa shape index (κ1) is 12.7. The molecule has 0 radical (unpaired) electrons. The largest absolute Gasteiger partial charge is 0.380 e. The molecule has 1 saturated heterocycles. The number of rotatable bonds is 2. The number of carbonyl (C=O) groups is 1. The third-order valence-corrected chi connectivity index (χ3v) is 3.60. The highest BCUT2D eigenvalue weighted by atomic mass is 35.5. The van der Waals surface area contributed by atoms with Crippen molar-refractivity contribution in [2.24, 2.45) is 11.3 Å². The van der Waals surface area contributed by atoms with Gasteiger partial charge in [-0.1, -0.05) is 19.9 Å². The highest BCUT2D eigenvalue weighted by Gasteiger charge is 2.41. The molecular formula is C12H19ClN2O2. The highest BCUT2D eigenvalue weighted by molar-refractivity contribution is 6.18. The van der Waals surface area contributed by atoms with Crippen LogP contribution >= 0.6 is 11.6 Å². The summed E-state index contributed by atoms with van der Waals surface area (Å²) in [6.45, 7) is 6.12. The highest BCUT2D eigenvalue weighted by Crippen LogP contribution is 2.33. The fourth-order valence-electron chi connectivity index (χ4n) is 2.46. The van der Waals surface area contributed by atoms with Crippen molar-refractivity contribution in [3.63, 3.8) is 0 Å². The molecule has 4 nitrogen and oxygen atoms in total. The molecule has 0 spiro atoms. The molecule has 0 bridgehead atoms. The van der Waals surface area contributed by atoms with Crippen molar-refractivity contribution in [1.29, 1.82) is 0 Å². The SMILES string of the molecule is CC1(C)COCC2C=CN(CCCl)C(=O)NC21. The summed E-state index contributed by atoms with van der Waals surface area (Å²) in [5.74, 6) is 0.676. The average molecular weight is 259 g/mol. The smallest absolute Gasteiger partial charge is 0.321 e. The van der Waals surface area contributed by atoms with Gasteiger partial charge in [0, 0.05) is 36.0 Å². The molecule has 2 aliphatic rings. The van der Waals surface area contributed by atoms with E-state index in [4.69, 9.17) is 16.3 Å². The molecule has 2 atom stereocenters. The van der Waals surface area contributed by atoms with Gasteiger partial charge in [0.1, 0.15) is 0 Å². The van der Waals surface area contributed by atoms with Gasteiger partial charge in [0.15, 0.2) is 0 Å². The number of hydrogen-bond donors (Lipinski definition) is 1. The second-order valence-corrected chi connectivity index (χ2v) is 5.70. The molecule has 2 aliphatic heterocycles. The topological polar surface area (TPSA) is 41.6 Å². The Morgan fingerprint density at radius 2 is 2.41 bits per heavy atom. The molecular weight excluding hydrogens is 240 g/mol. The fraction of sp³-hybridized carbons (Fsp3) is 0.750. The van der Waals surface area contributed by atoms with E-state index in [9.17, 15) is 4.79 Å². The molecule has 2 rings (SSSR count). The van der Waals surface area contributed by atoms with Crippen molar-refractivity contribution in [2.45, 2.75) is 19.9 Å². The molecule has 2 heterocycles. The molecule has 0 aliphatic carbocycles. The van der Waals surface area contributed by atoms with Crippen molar-refractivity contribution in [2.75, 3.05) is 25.6 Å². The van der Waals surface area contributed by atoms with Gasteiger partial charge < -0.3 is 15.0 Å². The quantitative estimate of drug-likeness (QED) is 0.768. The normalized spacial score (nSPS) is 31.7. The summed E-state index contributed by atoms with van der Waals surface area (Å²) < 4.78 is 5.59. The van der Waals surface area contributed by atoms with E-state index in [0.29, 0.717) is 25.6 Å². The van der Waals surface area contributed by atoms with Gasteiger partial charge in [-0.3, -0.25) is 0 Å². The van der Waals surface area contributed by atoms with E-state index in [1.807, 2.05) is 6.20 Å². The number of urea groups is 1. The Morgan fingerprint density at radius 3 is 3.12 bits per heavy atom. The Labute approximate surface area is 107 Å². The average Bonchev–Trinajstić information content (AvgIpc) is 2.41. The monoisotopic (exact) mass is 258 g/mol. The van der Waals surface area contributed by atoms with E-state index < -0.39 is 0 Å². The van der Waals surface area contributed by atoms with E-state index in [0.717, 1.165) is 0 Å². The Bertz CT molecular complexity index is 330. The Morgan fingerprint density at radius 1 is 1.65 bits per heavy atom. The third-order valence-electron chi connectivity index (χ3n) is 3.43. The second-order valence-electron chi connectivity index (χ2n) is 5.32. The van der Waals surface area contributed by atoms with Gasteiger partial charge in [0.25, 0.3) is 0 Å². The van der Waals surface area contributed by atoms with Crippen molar-refractivity contribution in [3.05, 3.63) is 12.3 Å². The summed E-state index contributed by atoms with van der Waals surface area (Å²) in [4.78, 5) is 13.6. The van der Waals surface area contributed by atoms with Gasteiger partial charge in [-0.25, -0.2) is 4.79 Å². The van der Waals surface area contributed by atoms with Crippen LogP contribution in [-0.4, -0.2) is 42.6 Å². The van der Waals surface area contributed by atoms with Crippen LogP contribution in [0.2, 0.25) is 0 Å². The minimum atomic E-state index is -0.0654. The van der Waals surface area contributed by atoms with Crippen molar-refractivity contribution in [3.8, 4) is 0 Å². The second kappa shape index (κ2) is 4.86. The molecule has 5 heteroatoms. The van der Waals surface area contributed by atoms with Gasteiger partial charge in [0.2, 0.25) is 0 Å². The lowest BCUT2D eigenvalue weighted by Gasteiger charge is -2.42. The van der Waals surface area contributed by atoms with Crippen LogP contribution < -0.4 is 5.32 Å². The maximum atomic E-state index is 12.0. The Balaban J connectivity index is 2.18. The fourth-order valence-corrected chi connectivity index (χ4v) is 2.64. The predicted molar refractivity (Wildman–Crippen MR) is 67.0 cm³/mol. The third kappa shape index (κ3) is 2.58. The lowest BCUT2D eigenvalue weighted by atomic mass is 9.76. The van der Waals surface area contributed by atoms with Crippen LogP contribution in [-0.2, 0) is 4.74 Å². The summed E-state index contributed by atoms with van der Waals surface area (Å²) in [6, 6.07) is 0.0599. The van der Waals surface area contributed by atoms with Crippen LogP contribution in [0.3, 0.4) is 0 Å². The van der Waals surface area contributed by atoms with Crippen molar-refractivity contribution < 1.29 is 9.53 Å². The molecule has 2 unspecified atom stereocenters. The van der Waals surface area contributed by atoms with Crippen LogP contribution in [0.4, 0.5) is 4.79 Å². The predicted octanol–water partition coefficient (Wildman–Crippen LogP) is 1.81. The molecule has 96 valence electrons. The van der Waals surface area contributed by atoms with E-state index in [1.54, 1.807) is 4.90 Å². The lowest BCUT2D eigenvalue weighted by molar-refractivity contribution is -0.0339. The standard InChI is InChI=1S/C12H19ClN2O2/c1-12(2)8-17-7-9-3-5-15(6-4-13)11(16)14-10(9)12/h3,5,9-10H,4,6-8H2,1-2H3,(H,14,16). The van der Waals surface area contributed by atoms with E-state index in [1.165, 1.54) is 0 Å². The number of hydrogen-bond acceptors (Lipinski definition) is 2. The first-order valence-corrected chi connectivity index (χ1v) is 6.47. The number of nitrogens with one attached hydrogen (secondary N) is 1. The maximum Gasteiger partial charge on any atom is 0.321 e. The van der Waals surface area contributed by atoms with Crippen LogP contribution in [0.15, 0.2) is 12.3 Å². The Hall–Kier alpha value is -0.740. The lowest BCUT2D eigenvalue weighted by Crippen LogP contribution is -2.56. The number of halogens is 1. The zero-order chi connectivity index (χ0) is 12.5. The summed E-state index contributed by atoms with van der Waals surface area (Å²) in [5.41, 5.74) is -0.0418. The Kier molecular flexibility index (Phi) is 3.64. The van der Waals surface area contributed by atoms with Crippen LogP contribution in [0.25, 0.3) is 0 Å². The molecule has 0 aromatic carbocycles. The number of nitrogens with zero attached hydrogens (tertiary/aromatic N) is 1. The molecule has 1 N–H and O–H groups in total. The molecule has 1 fully saturated rings. The van der Waals surface area contributed by atoms with Gasteiger partial charge in [0.05, 0.1) is 13.2 Å². The molecule has 0 aromatic heterocycles. The van der Waals surface area contributed by atoms with E-state index >= 15 is 0 Å². The minimum absolute atomic E-state index is 0.0418. The zero-order valence-corrected chi connectivity index (χ0v) is 11.0. The number of fused-ring (bicyclic) bond motifs is 1. The summed E-state index contributed by atoms with van der Waals surface area (Å²) in [5, 5.41) is 3.09. The first-order chi connectivity index (χ1) is 8.04. The van der Waals surface area contributed by atoms with Gasteiger partial charge in [-0.2, -0.15) is 0 Å². The molecule has 2 amide bonds. The summed E-state index contributed by atoms with van der Waals surface area (Å²) in [6.07, 6.45) is 3.88. The molecule has 0 aromatic rings. The van der Waals surface area contributed by atoms with Crippen LogP contribution in [0, 0.1) is 11.3 Å². The zero-order valence-electron chi connectivity index (χ0n) is 10.3. The van der Waals surface area contributed by atoms with Gasteiger partial charge in [-0.15, -0.1) is 11.6 Å².